The topological polar surface area (TPSA) is 29.1 Å². The average molecular weight is 211 g/mol. The Morgan fingerprint density at radius 1 is 1.25 bits per heavy atom. The van der Waals surface area contributed by atoms with Crippen LogP contribution in [0, 0.1) is 0 Å². The number of rotatable bonds is 2. The van der Waals surface area contributed by atoms with Crippen LogP contribution in [0.15, 0.2) is 43.0 Å². The van der Waals surface area contributed by atoms with Gasteiger partial charge in [0.25, 0.3) is 5.91 Å². The molecule has 0 saturated heterocycles. The predicted octanol–water partition coefficient (Wildman–Crippen LogP) is 2.84. The van der Waals surface area contributed by atoms with E-state index in [0.29, 0.717) is 5.56 Å². The number of benzene rings is 2. The number of fused-ring (bicyclic) bond motifs is 1. The van der Waals surface area contributed by atoms with Crippen molar-refractivity contribution in [1.82, 2.24) is 5.32 Å². The lowest BCUT2D eigenvalue weighted by Gasteiger charge is -2.08. The second-order valence-corrected chi connectivity index (χ2v) is 3.53. The molecular formula is C14H13NO. The van der Waals surface area contributed by atoms with Crippen LogP contribution in [0.25, 0.3) is 16.8 Å². The molecule has 0 aliphatic rings. The molecule has 80 valence electrons. The third-order valence-electron chi connectivity index (χ3n) is 2.64. The summed E-state index contributed by atoms with van der Waals surface area (Å²) >= 11 is 0. The zero-order valence-electron chi connectivity index (χ0n) is 9.16. The molecular weight excluding hydrogens is 198 g/mol. The molecule has 2 nitrogen and oxygen atoms in total. The van der Waals surface area contributed by atoms with E-state index in [1.54, 1.807) is 13.1 Å². The standard InChI is InChI=1S/C14H13NO/c1-3-10-8-9-11-6-4-5-7-12(11)13(10)14(16)15-2/h3-9H,1H2,2H3,(H,15,16). The summed E-state index contributed by atoms with van der Waals surface area (Å²) < 4.78 is 0. The van der Waals surface area contributed by atoms with Gasteiger partial charge in [-0.05, 0) is 16.3 Å². The third-order valence-corrected chi connectivity index (χ3v) is 2.64. The summed E-state index contributed by atoms with van der Waals surface area (Å²) in [4.78, 5) is 11.8. The van der Waals surface area contributed by atoms with Gasteiger partial charge in [0.05, 0.1) is 5.56 Å². The Balaban J connectivity index is 2.83. The summed E-state index contributed by atoms with van der Waals surface area (Å²) in [5.74, 6) is -0.0771. The van der Waals surface area contributed by atoms with Crippen molar-refractivity contribution in [2.75, 3.05) is 7.05 Å². The molecule has 0 aliphatic heterocycles. The van der Waals surface area contributed by atoms with Gasteiger partial charge in [-0.25, -0.2) is 0 Å². The van der Waals surface area contributed by atoms with E-state index in [9.17, 15) is 4.79 Å². The first-order valence-corrected chi connectivity index (χ1v) is 5.14. The molecule has 2 aromatic carbocycles. The molecule has 16 heavy (non-hydrogen) atoms. The molecule has 1 amide bonds. The molecule has 2 aromatic rings. The summed E-state index contributed by atoms with van der Waals surface area (Å²) in [6.45, 7) is 3.74. The van der Waals surface area contributed by atoms with Crippen LogP contribution in [-0.2, 0) is 0 Å². The molecule has 0 aromatic heterocycles. The molecule has 1 N–H and O–H groups in total. The first-order chi connectivity index (χ1) is 7.77. The van der Waals surface area contributed by atoms with Crippen molar-refractivity contribution < 1.29 is 4.79 Å². The van der Waals surface area contributed by atoms with Crippen molar-refractivity contribution in [3.05, 3.63) is 54.1 Å². The van der Waals surface area contributed by atoms with Gasteiger partial charge in [0.15, 0.2) is 0 Å². The van der Waals surface area contributed by atoms with Crippen LogP contribution in [0.1, 0.15) is 15.9 Å². The summed E-state index contributed by atoms with van der Waals surface area (Å²) in [7, 11) is 1.64. The SMILES string of the molecule is C=Cc1ccc2ccccc2c1C(=O)NC. The van der Waals surface area contributed by atoms with E-state index in [2.05, 4.69) is 11.9 Å². The van der Waals surface area contributed by atoms with Gasteiger partial charge in [-0.3, -0.25) is 4.79 Å². The molecule has 0 unspecified atom stereocenters. The summed E-state index contributed by atoms with van der Waals surface area (Å²) in [6.07, 6.45) is 1.71. The minimum absolute atomic E-state index is 0.0771. The van der Waals surface area contributed by atoms with Gasteiger partial charge in [0.2, 0.25) is 0 Å². The van der Waals surface area contributed by atoms with E-state index >= 15 is 0 Å². The lowest BCUT2D eigenvalue weighted by atomic mass is 9.98. The van der Waals surface area contributed by atoms with E-state index in [1.165, 1.54) is 0 Å². The lowest BCUT2D eigenvalue weighted by molar-refractivity contribution is 0.0964. The fourth-order valence-electron chi connectivity index (χ4n) is 1.84. The molecule has 0 atom stereocenters. The van der Waals surface area contributed by atoms with Crippen LogP contribution >= 0.6 is 0 Å². The number of carbonyl (C=O) groups excluding carboxylic acids is 1. The Kier molecular flexibility index (Phi) is 2.73. The minimum Gasteiger partial charge on any atom is -0.355 e. The van der Waals surface area contributed by atoms with E-state index in [-0.39, 0.29) is 5.91 Å². The van der Waals surface area contributed by atoms with Crippen molar-refractivity contribution in [2.45, 2.75) is 0 Å². The van der Waals surface area contributed by atoms with Gasteiger partial charge in [-0.2, -0.15) is 0 Å². The minimum atomic E-state index is -0.0771. The largest absolute Gasteiger partial charge is 0.355 e. The molecule has 0 fully saturated rings. The average Bonchev–Trinajstić information content (AvgIpc) is 2.36. The Morgan fingerprint density at radius 3 is 2.69 bits per heavy atom. The van der Waals surface area contributed by atoms with Crippen molar-refractivity contribution in [3.63, 3.8) is 0 Å². The zero-order valence-corrected chi connectivity index (χ0v) is 9.16. The van der Waals surface area contributed by atoms with Crippen LogP contribution < -0.4 is 5.32 Å². The van der Waals surface area contributed by atoms with Crippen LogP contribution in [0.4, 0.5) is 0 Å². The first-order valence-electron chi connectivity index (χ1n) is 5.14. The summed E-state index contributed by atoms with van der Waals surface area (Å²) in [5.41, 5.74) is 1.55. The Labute approximate surface area is 94.6 Å². The van der Waals surface area contributed by atoms with E-state index in [0.717, 1.165) is 16.3 Å². The second kappa shape index (κ2) is 4.19. The Bertz CT molecular complexity index is 558. The molecule has 0 radical (unpaired) electrons. The highest BCUT2D eigenvalue weighted by molar-refractivity contribution is 6.09. The van der Waals surface area contributed by atoms with E-state index in [1.807, 2.05) is 36.4 Å². The molecule has 0 spiro atoms. The molecule has 0 heterocycles. The normalized spacial score (nSPS) is 10.1. The van der Waals surface area contributed by atoms with Crippen molar-refractivity contribution in [1.29, 1.82) is 0 Å². The number of hydrogen-bond donors (Lipinski definition) is 1. The monoisotopic (exact) mass is 211 g/mol. The quantitative estimate of drug-likeness (QED) is 0.813. The lowest BCUT2D eigenvalue weighted by Crippen LogP contribution is -2.19. The number of amides is 1. The maximum atomic E-state index is 11.8. The molecule has 0 saturated carbocycles. The van der Waals surface area contributed by atoms with Gasteiger partial charge < -0.3 is 5.32 Å². The molecule has 0 aliphatic carbocycles. The molecule has 2 rings (SSSR count). The first kappa shape index (κ1) is 10.4. The van der Waals surface area contributed by atoms with Gasteiger partial charge in [0, 0.05) is 7.05 Å². The van der Waals surface area contributed by atoms with Crippen molar-refractivity contribution >= 4 is 22.8 Å². The van der Waals surface area contributed by atoms with Crippen LogP contribution in [0.5, 0.6) is 0 Å². The van der Waals surface area contributed by atoms with Crippen molar-refractivity contribution in [2.24, 2.45) is 0 Å². The fourth-order valence-corrected chi connectivity index (χ4v) is 1.84. The summed E-state index contributed by atoms with van der Waals surface area (Å²) in [6, 6.07) is 11.8. The highest BCUT2D eigenvalue weighted by atomic mass is 16.1. The number of nitrogens with one attached hydrogen (secondary N) is 1. The third kappa shape index (κ3) is 1.58. The highest BCUT2D eigenvalue weighted by Gasteiger charge is 2.11. The van der Waals surface area contributed by atoms with Crippen LogP contribution in [-0.4, -0.2) is 13.0 Å². The second-order valence-electron chi connectivity index (χ2n) is 3.53. The Hall–Kier alpha value is -2.09. The predicted molar refractivity (Wildman–Crippen MR) is 67.4 cm³/mol. The highest BCUT2D eigenvalue weighted by Crippen LogP contribution is 2.23. The zero-order chi connectivity index (χ0) is 11.5. The van der Waals surface area contributed by atoms with Crippen molar-refractivity contribution in [3.8, 4) is 0 Å². The van der Waals surface area contributed by atoms with Gasteiger partial charge in [0.1, 0.15) is 0 Å². The van der Waals surface area contributed by atoms with Crippen LogP contribution in [0.2, 0.25) is 0 Å². The summed E-state index contributed by atoms with van der Waals surface area (Å²) in [5, 5.41) is 4.68. The Morgan fingerprint density at radius 2 is 2.00 bits per heavy atom. The number of carbonyl (C=O) groups is 1. The fraction of sp³-hybridized carbons (Fsp3) is 0.0714. The van der Waals surface area contributed by atoms with Gasteiger partial charge >= 0.3 is 0 Å². The van der Waals surface area contributed by atoms with Gasteiger partial charge in [-0.15, -0.1) is 0 Å². The maximum absolute atomic E-state index is 11.8. The van der Waals surface area contributed by atoms with E-state index < -0.39 is 0 Å². The molecule has 0 bridgehead atoms. The maximum Gasteiger partial charge on any atom is 0.252 e. The molecule has 2 heteroatoms. The van der Waals surface area contributed by atoms with E-state index in [4.69, 9.17) is 0 Å². The van der Waals surface area contributed by atoms with Gasteiger partial charge in [-0.1, -0.05) is 49.1 Å². The van der Waals surface area contributed by atoms with Crippen LogP contribution in [0.3, 0.4) is 0 Å². The smallest absolute Gasteiger partial charge is 0.252 e. The number of hydrogen-bond acceptors (Lipinski definition) is 1.